The summed E-state index contributed by atoms with van der Waals surface area (Å²) in [6.45, 7) is 2.15. The van der Waals surface area contributed by atoms with Gasteiger partial charge >= 0.3 is 0 Å². The van der Waals surface area contributed by atoms with Crippen molar-refractivity contribution in [3.8, 4) is 0 Å². The van der Waals surface area contributed by atoms with Crippen LogP contribution in [0.2, 0.25) is 0 Å². The first-order valence-corrected chi connectivity index (χ1v) is 11.4. The van der Waals surface area contributed by atoms with Crippen molar-refractivity contribution in [3.63, 3.8) is 0 Å². The molecule has 2 aromatic heterocycles. The Balaban J connectivity index is 1.53. The van der Waals surface area contributed by atoms with Gasteiger partial charge in [0.2, 0.25) is 17.8 Å². The highest BCUT2D eigenvalue weighted by molar-refractivity contribution is 5.78. The molecule has 2 fully saturated rings. The third-order valence-corrected chi connectivity index (χ3v) is 6.95. The summed E-state index contributed by atoms with van der Waals surface area (Å²) in [6.07, 6.45) is 7.70. The minimum absolute atomic E-state index is 0.00125. The Kier molecular flexibility index (Phi) is 5.38. The van der Waals surface area contributed by atoms with E-state index in [0.717, 1.165) is 18.9 Å². The average Bonchev–Trinajstić information content (AvgIpc) is 3.12. The zero-order valence-corrected chi connectivity index (χ0v) is 18.4. The van der Waals surface area contributed by atoms with Crippen molar-refractivity contribution in [2.75, 3.05) is 10.6 Å². The van der Waals surface area contributed by atoms with Crippen LogP contribution < -0.4 is 16.4 Å². The molecule has 4 N–H and O–H groups in total. The third kappa shape index (κ3) is 4.21. The van der Waals surface area contributed by atoms with Gasteiger partial charge in [0.05, 0.1) is 11.9 Å². The molecule has 0 spiro atoms. The van der Waals surface area contributed by atoms with Crippen LogP contribution in [-0.2, 0) is 4.79 Å². The Labute approximate surface area is 190 Å². The molecule has 0 aliphatic heterocycles. The van der Waals surface area contributed by atoms with Gasteiger partial charge in [-0.15, -0.1) is 0 Å². The molecule has 2 aliphatic carbocycles. The highest BCUT2D eigenvalue weighted by atomic mass is 19.1. The van der Waals surface area contributed by atoms with Crippen LogP contribution in [0.4, 0.5) is 26.4 Å². The number of aromatic nitrogens is 4. The lowest BCUT2D eigenvalue weighted by molar-refractivity contribution is -0.122. The zero-order chi connectivity index (χ0) is 23.2. The molecule has 10 heteroatoms. The largest absolute Gasteiger partial charge is 0.369 e. The Hall–Kier alpha value is -3.30. The summed E-state index contributed by atoms with van der Waals surface area (Å²) in [6, 6.07) is 3.36. The first-order valence-electron chi connectivity index (χ1n) is 11.4. The fraction of sp³-hybridized carbons (Fsp3) is 0.478. The number of nitrogens with two attached hydrogens (primary N) is 1. The van der Waals surface area contributed by atoms with Gasteiger partial charge in [0.25, 0.3) is 0 Å². The molecule has 2 heterocycles. The van der Waals surface area contributed by atoms with E-state index in [4.69, 9.17) is 10.7 Å². The van der Waals surface area contributed by atoms with Gasteiger partial charge in [-0.3, -0.25) is 9.36 Å². The second kappa shape index (κ2) is 8.24. The van der Waals surface area contributed by atoms with Gasteiger partial charge < -0.3 is 16.4 Å². The number of nitrogens with one attached hydrogen (secondary N) is 2. The van der Waals surface area contributed by atoms with Crippen LogP contribution in [-0.4, -0.2) is 31.0 Å². The van der Waals surface area contributed by atoms with Crippen LogP contribution in [0.1, 0.15) is 57.9 Å². The predicted molar refractivity (Wildman–Crippen MR) is 121 cm³/mol. The highest BCUT2D eigenvalue weighted by Crippen LogP contribution is 2.38. The van der Waals surface area contributed by atoms with E-state index in [9.17, 15) is 13.6 Å². The van der Waals surface area contributed by atoms with E-state index in [0.29, 0.717) is 48.7 Å². The number of fused-ring (bicyclic) bond motifs is 1. The number of hydrogen-bond donors (Lipinski definition) is 3. The SMILES string of the molecule is CC1(Nc2ncc3nc(Nc4ccc(F)cc4F)n([C@H]4CC[C@H](C(N)=O)CC4)c3n2)CCC1. The third-order valence-electron chi connectivity index (χ3n) is 6.95. The van der Waals surface area contributed by atoms with Crippen molar-refractivity contribution in [1.82, 2.24) is 19.5 Å². The molecule has 2 aliphatic rings. The van der Waals surface area contributed by atoms with Crippen molar-refractivity contribution >= 4 is 34.7 Å². The minimum atomic E-state index is -0.711. The quantitative estimate of drug-likeness (QED) is 0.508. The molecule has 0 saturated heterocycles. The highest BCUT2D eigenvalue weighted by Gasteiger charge is 2.33. The van der Waals surface area contributed by atoms with Crippen molar-refractivity contribution < 1.29 is 13.6 Å². The van der Waals surface area contributed by atoms with E-state index in [1.807, 2.05) is 4.57 Å². The lowest BCUT2D eigenvalue weighted by Crippen LogP contribution is -2.42. The predicted octanol–water partition coefficient (Wildman–Crippen LogP) is 4.42. The van der Waals surface area contributed by atoms with Gasteiger partial charge in [-0.1, -0.05) is 0 Å². The molecule has 174 valence electrons. The molecule has 0 unspecified atom stereocenters. The first-order chi connectivity index (χ1) is 15.8. The van der Waals surface area contributed by atoms with E-state index < -0.39 is 11.6 Å². The molecule has 5 rings (SSSR count). The number of imidazole rings is 1. The number of rotatable bonds is 6. The maximum Gasteiger partial charge on any atom is 0.225 e. The minimum Gasteiger partial charge on any atom is -0.369 e. The maximum absolute atomic E-state index is 14.4. The van der Waals surface area contributed by atoms with Crippen LogP contribution in [0.15, 0.2) is 24.4 Å². The van der Waals surface area contributed by atoms with Gasteiger partial charge in [-0.2, -0.15) is 4.98 Å². The van der Waals surface area contributed by atoms with E-state index in [2.05, 4.69) is 27.5 Å². The molecular formula is C23H27F2N7O. The van der Waals surface area contributed by atoms with Crippen LogP contribution in [0, 0.1) is 17.6 Å². The first kappa shape index (κ1) is 21.5. The van der Waals surface area contributed by atoms with Crippen LogP contribution >= 0.6 is 0 Å². The molecule has 2 saturated carbocycles. The summed E-state index contributed by atoms with van der Waals surface area (Å²) in [5, 5.41) is 6.44. The van der Waals surface area contributed by atoms with Gasteiger partial charge in [0, 0.05) is 23.6 Å². The molecule has 0 radical (unpaired) electrons. The Morgan fingerprint density at radius 1 is 1.18 bits per heavy atom. The normalized spacial score (nSPS) is 22.0. The van der Waals surface area contributed by atoms with Crippen molar-refractivity contribution in [1.29, 1.82) is 0 Å². The number of carbonyl (C=O) groups is 1. The molecule has 1 amide bonds. The summed E-state index contributed by atoms with van der Waals surface area (Å²) in [4.78, 5) is 25.5. The number of hydrogen-bond acceptors (Lipinski definition) is 6. The van der Waals surface area contributed by atoms with E-state index in [1.54, 1.807) is 6.20 Å². The number of nitrogens with zero attached hydrogens (tertiary/aromatic N) is 4. The zero-order valence-electron chi connectivity index (χ0n) is 18.4. The maximum atomic E-state index is 14.4. The fourth-order valence-electron chi connectivity index (χ4n) is 4.82. The number of halogens is 2. The number of primary amides is 1. The number of anilines is 3. The fourth-order valence-corrected chi connectivity index (χ4v) is 4.82. The van der Waals surface area contributed by atoms with Gasteiger partial charge in [0.1, 0.15) is 17.2 Å². The summed E-state index contributed by atoms with van der Waals surface area (Å²) in [7, 11) is 0. The Bertz CT molecular complexity index is 1200. The van der Waals surface area contributed by atoms with E-state index in [1.165, 1.54) is 18.6 Å². The second-order valence-corrected chi connectivity index (χ2v) is 9.40. The number of carbonyl (C=O) groups excluding carboxylic acids is 1. The van der Waals surface area contributed by atoms with Crippen LogP contribution in [0.3, 0.4) is 0 Å². The van der Waals surface area contributed by atoms with E-state index >= 15 is 0 Å². The lowest BCUT2D eigenvalue weighted by atomic mass is 9.79. The standard InChI is InChI=1S/C23H27F2N7O/c1-23(9-2-10-23)31-21-27-12-18-20(30-21)32(15-6-3-13(4-7-15)19(26)33)22(29-18)28-17-8-5-14(24)11-16(17)25/h5,8,11-13,15H,2-4,6-7,9-10H2,1H3,(H2,26,33)(H,28,29)(H,27,30,31)/t13-,15-. The van der Waals surface area contributed by atoms with E-state index in [-0.39, 0.29) is 29.1 Å². The summed E-state index contributed by atoms with van der Waals surface area (Å²) in [5.41, 5.74) is 6.81. The smallest absolute Gasteiger partial charge is 0.225 e. The molecule has 0 atom stereocenters. The van der Waals surface area contributed by atoms with Gasteiger partial charge in [0.15, 0.2) is 5.65 Å². The summed E-state index contributed by atoms with van der Waals surface area (Å²) in [5.74, 6) is -0.860. The van der Waals surface area contributed by atoms with Crippen LogP contribution in [0.5, 0.6) is 0 Å². The Morgan fingerprint density at radius 2 is 1.94 bits per heavy atom. The van der Waals surface area contributed by atoms with Gasteiger partial charge in [-0.25, -0.2) is 18.7 Å². The topological polar surface area (TPSA) is 111 Å². The summed E-state index contributed by atoms with van der Waals surface area (Å²) >= 11 is 0. The molecular weight excluding hydrogens is 428 g/mol. The monoisotopic (exact) mass is 455 g/mol. The molecule has 1 aromatic carbocycles. The average molecular weight is 456 g/mol. The van der Waals surface area contributed by atoms with Crippen molar-refractivity contribution in [2.45, 2.75) is 63.5 Å². The van der Waals surface area contributed by atoms with Crippen molar-refractivity contribution in [2.24, 2.45) is 11.7 Å². The van der Waals surface area contributed by atoms with Crippen LogP contribution in [0.25, 0.3) is 11.2 Å². The lowest BCUT2D eigenvalue weighted by Gasteiger charge is -2.39. The molecule has 3 aromatic rings. The van der Waals surface area contributed by atoms with Crippen molar-refractivity contribution in [3.05, 3.63) is 36.0 Å². The Morgan fingerprint density at radius 3 is 2.58 bits per heavy atom. The number of benzene rings is 1. The second-order valence-electron chi connectivity index (χ2n) is 9.40. The summed E-state index contributed by atoms with van der Waals surface area (Å²) < 4.78 is 29.7. The molecule has 33 heavy (non-hydrogen) atoms. The number of amides is 1. The molecule has 8 nitrogen and oxygen atoms in total. The van der Waals surface area contributed by atoms with Gasteiger partial charge in [-0.05, 0) is 64.0 Å². The molecule has 0 bridgehead atoms.